The lowest BCUT2D eigenvalue weighted by molar-refractivity contribution is 0.0979. The first-order valence-electron chi connectivity index (χ1n) is 6.28. The molecule has 3 heteroatoms. The van der Waals surface area contributed by atoms with Gasteiger partial charge in [-0.25, -0.2) is 0 Å². The Morgan fingerprint density at radius 1 is 0.842 bits per heavy atom. The molecular weight excluding hydrogens is 238 g/mol. The summed E-state index contributed by atoms with van der Waals surface area (Å²) < 4.78 is 0. The Morgan fingerprint density at radius 3 is 2.05 bits per heavy atom. The molecule has 3 nitrogen and oxygen atoms in total. The minimum absolute atomic E-state index is 0.0757. The molecule has 1 aliphatic rings. The number of nitrogens with one attached hydrogen (secondary N) is 1. The van der Waals surface area contributed by atoms with Crippen molar-refractivity contribution in [2.45, 2.75) is 6.92 Å². The molecule has 0 atom stereocenters. The molecule has 0 aliphatic heterocycles. The van der Waals surface area contributed by atoms with Crippen LogP contribution >= 0.6 is 0 Å². The molecular formula is C16H13NO2. The molecule has 0 fully saturated rings. The summed E-state index contributed by atoms with van der Waals surface area (Å²) in [6.07, 6.45) is 0. The summed E-state index contributed by atoms with van der Waals surface area (Å²) in [5.41, 5.74) is 2.83. The number of rotatable bonds is 2. The highest BCUT2D eigenvalue weighted by Gasteiger charge is 2.29. The average molecular weight is 251 g/mol. The van der Waals surface area contributed by atoms with Gasteiger partial charge in [0.25, 0.3) is 0 Å². The van der Waals surface area contributed by atoms with E-state index in [1.54, 1.807) is 36.4 Å². The molecule has 2 aromatic carbocycles. The van der Waals surface area contributed by atoms with Gasteiger partial charge in [0.2, 0.25) is 0 Å². The van der Waals surface area contributed by atoms with Crippen molar-refractivity contribution in [3.05, 3.63) is 64.7 Å². The van der Waals surface area contributed by atoms with Crippen molar-refractivity contribution in [3.8, 4) is 0 Å². The normalized spacial score (nSPS) is 12.9. The van der Waals surface area contributed by atoms with E-state index >= 15 is 0 Å². The summed E-state index contributed by atoms with van der Waals surface area (Å²) >= 11 is 0. The van der Waals surface area contributed by atoms with Crippen molar-refractivity contribution in [2.24, 2.45) is 0 Å². The fourth-order valence-corrected chi connectivity index (χ4v) is 2.41. The van der Waals surface area contributed by atoms with E-state index < -0.39 is 0 Å². The minimum Gasteiger partial charge on any atom is -0.385 e. The van der Waals surface area contributed by atoms with Crippen LogP contribution in [-0.2, 0) is 0 Å². The molecule has 0 radical (unpaired) electrons. The fourth-order valence-electron chi connectivity index (χ4n) is 2.41. The summed E-state index contributed by atoms with van der Waals surface area (Å²) in [5, 5.41) is 3.15. The van der Waals surface area contributed by atoms with Crippen LogP contribution in [0.25, 0.3) is 0 Å². The van der Waals surface area contributed by atoms with Gasteiger partial charge >= 0.3 is 0 Å². The predicted molar refractivity (Wildman–Crippen MR) is 73.9 cm³/mol. The zero-order chi connectivity index (χ0) is 13.4. The standard InChI is InChI=1S/C16H13NO2/c1-2-17-10-7-8-13-14(9-10)16(19)12-6-4-3-5-11(12)15(13)18/h3-9,17H,2H2,1H3. The van der Waals surface area contributed by atoms with Gasteiger partial charge in [-0.2, -0.15) is 0 Å². The summed E-state index contributed by atoms with van der Waals surface area (Å²) in [6.45, 7) is 2.76. The zero-order valence-electron chi connectivity index (χ0n) is 10.6. The highest BCUT2D eigenvalue weighted by molar-refractivity contribution is 6.28. The van der Waals surface area contributed by atoms with Crippen molar-refractivity contribution in [2.75, 3.05) is 11.9 Å². The minimum atomic E-state index is -0.0787. The molecule has 94 valence electrons. The number of fused-ring (bicyclic) bond motifs is 2. The molecule has 1 N–H and O–H groups in total. The second-order valence-electron chi connectivity index (χ2n) is 4.49. The lowest BCUT2D eigenvalue weighted by atomic mass is 9.84. The highest BCUT2D eigenvalue weighted by Crippen LogP contribution is 2.28. The number of carbonyl (C=O) groups excluding carboxylic acids is 2. The fraction of sp³-hybridized carbons (Fsp3) is 0.125. The first kappa shape index (κ1) is 11.7. The van der Waals surface area contributed by atoms with Crippen LogP contribution in [0.4, 0.5) is 5.69 Å². The number of hydrogen-bond acceptors (Lipinski definition) is 3. The highest BCUT2D eigenvalue weighted by atomic mass is 16.1. The van der Waals surface area contributed by atoms with Gasteiger partial charge in [0.15, 0.2) is 11.6 Å². The number of benzene rings is 2. The Balaban J connectivity index is 2.18. The van der Waals surface area contributed by atoms with Crippen LogP contribution < -0.4 is 5.32 Å². The van der Waals surface area contributed by atoms with E-state index in [0.717, 1.165) is 12.2 Å². The van der Waals surface area contributed by atoms with Crippen LogP contribution in [0.2, 0.25) is 0 Å². The Kier molecular flexibility index (Phi) is 2.67. The van der Waals surface area contributed by atoms with Crippen molar-refractivity contribution in [3.63, 3.8) is 0 Å². The van der Waals surface area contributed by atoms with Gasteiger partial charge in [0.05, 0.1) is 0 Å². The third kappa shape index (κ3) is 1.74. The third-order valence-electron chi connectivity index (χ3n) is 3.31. The first-order chi connectivity index (χ1) is 9.22. The lowest BCUT2D eigenvalue weighted by Gasteiger charge is -2.18. The molecule has 3 rings (SSSR count). The molecule has 0 bridgehead atoms. The van der Waals surface area contributed by atoms with Crippen LogP contribution in [0.3, 0.4) is 0 Å². The topological polar surface area (TPSA) is 46.2 Å². The summed E-state index contributed by atoms with van der Waals surface area (Å²) in [7, 11) is 0. The van der Waals surface area contributed by atoms with Gasteiger partial charge in [-0.15, -0.1) is 0 Å². The number of hydrogen-bond donors (Lipinski definition) is 1. The number of ketones is 2. The predicted octanol–water partition coefficient (Wildman–Crippen LogP) is 2.89. The number of carbonyl (C=O) groups is 2. The van der Waals surface area contributed by atoms with Gasteiger partial charge in [-0.1, -0.05) is 24.3 Å². The van der Waals surface area contributed by atoms with Crippen LogP contribution in [0.5, 0.6) is 0 Å². The Bertz CT molecular complexity index is 689. The van der Waals surface area contributed by atoms with Crippen molar-refractivity contribution < 1.29 is 9.59 Å². The van der Waals surface area contributed by atoms with E-state index in [1.807, 2.05) is 13.0 Å². The van der Waals surface area contributed by atoms with E-state index in [1.165, 1.54) is 0 Å². The average Bonchev–Trinajstić information content (AvgIpc) is 2.45. The lowest BCUT2D eigenvalue weighted by Crippen LogP contribution is -2.20. The van der Waals surface area contributed by atoms with Gasteiger partial charge in [-0.05, 0) is 25.1 Å². The maximum atomic E-state index is 12.4. The molecule has 1 aliphatic carbocycles. The van der Waals surface area contributed by atoms with Gasteiger partial charge < -0.3 is 5.32 Å². The summed E-state index contributed by atoms with van der Waals surface area (Å²) in [6, 6.07) is 12.3. The molecule has 19 heavy (non-hydrogen) atoms. The Labute approximate surface area is 111 Å². The third-order valence-corrected chi connectivity index (χ3v) is 3.31. The molecule has 0 spiro atoms. The Morgan fingerprint density at radius 2 is 1.42 bits per heavy atom. The second-order valence-corrected chi connectivity index (χ2v) is 4.49. The summed E-state index contributed by atoms with van der Waals surface area (Å²) in [4.78, 5) is 24.8. The van der Waals surface area contributed by atoms with Crippen molar-refractivity contribution >= 4 is 17.3 Å². The quantitative estimate of drug-likeness (QED) is 0.761. The van der Waals surface area contributed by atoms with Gasteiger partial charge in [0.1, 0.15) is 0 Å². The molecule has 0 saturated heterocycles. The second kappa shape index (κ2) is 4.35. The van der Waals surface area contributed by atoms with E-state index in [-0.39, 0.29) is 11.6 Å². The van der Waals surface area contributed by atoms with E-state index in [4.69, 9.17) is 0 Å². The maximum absolute atomic E-state index is 12.4. The van der Waals surface area contributed by atoms with Gasteiger partial charge in [-0.3, -0.25) is 9.59 Å². The van der Waals surface area contributed by atoms with E-state index in [0.29, 0.717) is 22.3 Å². The number of anilines is 1. The molecule has 2 aromatic rings. The van der Waals surface area contributed by atoms with Crippen LogP contribution in [0, 0.1) is 0 Å². The monoisotopic (exact) mass is 251 g/mol. The molecule has 0 amide bonds. The van der Waals surface area contributed by atoms with E-state index in [9.17, 15) is 9.59 Å². The largest absolute Gasteiger partial charge is 0.385 e. The Hall–Kier alpha value is -2.42. The smallest absolute Gasteiger partial charge is 0.194 e. The molecule has 0 saturated carbocycles. The maximum Gasteiger partial charge on any atom is 0.194 e. The van der Waals surface area contributed by atoms with Crippen LogP contribution in [0.1, 0.15) is 38.8 Å². The molecule has 0 aromatic heterocycles. The van der Waals surface area contributed by atoms with Crippen molar-refractivity contribution in [1.29, 1.82) is 0 Å². The van der Waals surface area contributed by atoms with E-state index in [2.05, 4.69) is 5.32 Å². The zero-order valence-corrected chi connectivity index (χ0v) is 10.6. The molecule has 0 heterocycles. The van der Waals surface area contributed by atoms with Crippen LogP contribution in [0.15, 0.2) is 42.5 Å². The first-order valence-corrected chi connectivity index (χ1v) is 6.28. The van der Waals surface area contributed by atoms with Gasteiger partial charge in [0, 0.05) is 34.5 Å². The SMILES string of the molecule is CCNc1ccc2c(c1)C(=O)c1ccccc1C2=O. The summed E-state index contributed by atoms with van der Waals surface area (Å²) in [5.74, 6) is -0.154. The van der Waals surface area contributed by atoms with Crippen LogP contribution in [-0.4, -0.2) is 18.1 Å². The van der Waals surface area contributed by atoms with Crippen molar-refractivity contribution in [1.82, 2.24) is 0 Å². The molecule has 0 unspecified atom stereocenters.